The quantitative estimate of drug-likeness (QED) is 0.509. The highest BCUT2D eigenvalue weighted by atomic mass is 19.1. The van der Waals surface area contributed by atoms with E-state index in [0.29, 0.717) is 22.7 Å². The Morgan fingerprint density at radius 3 is 2.84 bits per heavy atom. The molecule has 1 atom stereocenters. The van der Waals surface area contributed by atoms with Gasteiger partial charge >= 0.3 is 0 Å². The molecule has 4 aromatic rings. The maximum atomic E-state index is 14.9. The standard InChI is InChI=1S/C22H19FN8/c1-12(29-21-15(9-24)20(25)27-11-28-21)22-30-17-7-6-16(23)18(13-4-5-13)19(17)31(22)14-3-2-8-26-10-14/h2-3,6-8,10-13H,4-5H2,1H3,(H3,25,27,28,29)/t12-/m0/s1. The predicted octanol–water partition coefficient (Wildman–Crippen LogP) is 3.85. The van der Waals surface area contributed by atoms with Gasteiger partial charge in [0.1, 0.15) is 41.2 Å². The van der Waals surface area contributed by atoms with Crippen LogP contribution in [0.25, 0.3) is 16.7 Å². The summed E-state index contributed by atoms with van der Waals surface area (Å²) in [6, 6.07) is 8.59. The smallest absolute Gasteiger partial charge is 0.150 e. The molecule has 3 aromatic heterocycles. The summed E-state index contributed by atoms with van der Waals surface area (Å²) in [5, 5.41) is 12.7. The van der Waals surface area contributed by atoms with Gasteiger partial charge in [-0.2, -0.15) is 5.26 Å². The van der Waals surface area contributed by atoms with Gasteiger partial charge in [0.15, 0.2) is 0 Å². The third-order valence-corrected chi connectivity index (χ3v) is 5.45. The molecule has 3 N–H and O–H groups in total. The molecule has 1 saturated carbocycles. The number of hydrogen-bond donors (Lipinski definition) is 2. The van der Waals surface area contributed by atoms with Crippen LogP contribution in [0.2, 0.25) is 0 Å². The molecule has 1 aliphatic rings. The number of rotatable bonds is 5. The minimum Gasteiger partial charge on any atom is -0.382 e. The van der Waals surface area contributed by atoms with E-state index >= 15 is 0 Å². The van der Waals surface area contributed by atoms with Crippen LogP contribution in [0.1, 0.15) is 48.7 Å². The van der Waals surface area contributed by atoms with Crippen molar-refractivity contribution >= 4 is 22.7 Å². The van der Waals surface area contributed by atoms with Crippen LogP contribution in [-0.2, 0) is 0 Å². The molecule has 0 spiro atoms. The van der Waals surface area contributed by atoms with E-state index in [2.05, 4.69) is 20.3 Å². The summed E-state index contributed by atoms with van der Waals surface area (Å²) < 4.78 is 16.8. The summed E-state index contributed by atoms with van der Waals surface area (Å²) in [5.74, 6) is 1.05. The number of nitriles is 1. The number of nitrogens with two attached hydrogens (primary N) is 1. The number of nitrogens with one attached hydrogen (secondary N) is 1. The lowest BCUT2D eigenvalue weighted by atomic mass is 10.1. The van der Waals surface area contributed by atoms with E-state index in [1.54, 1.807) is 18.5 Å². The first-order valence-electron chi connectivity index (χ1n) is 9.96. The number of aromatic nitrogens is 5. The molecule has 154 valence electrons. The number of hydrogen-bond acceptors (Lipinski definition) is 7. The van der Waals surface area contributed by atoms with Crippen LogP contribution in [0.3, 0.4) is 0 Å². The van der Waals surface area contributed by atoms with Gasteiger partial charge in [-0.15, -0.1) is 0 Å². The van der Waals surface area contributed by atoms with Crippen LogP contribution in [0.4, 0.5) is 16.0 Å². The van der Waals surface area contributed by atoms with E-state index in [4.69, 9.17) is 10.7 Å². The van der Waals surface area contributed by atoms with E-state index in [-0.39, 0.29) is 29.2 Å². The number of fused-ring (bicyclic) bond motifs is 1. The second-order valence-corrected chi connectivity index (χ2v) is 7.58. The van der Waals surface area contributed by atoms with E-state index in [9.17, 15) is 9.65 Å². The maximum Gasteiger partial charge on any atom is 0.150 e. The Morgan fingerprint density at radius 2 is 2.13 bits per heavy atom. The number of anilines is 2. The number of benzene rings is 1. The molecule has 0 unspecified atom stereocenters. The molecule has 1 aliphatic carbocycles. The summed E-state index contributed by atoms with van der Waals surface area (Å²) in [5.41, 5.74) is 8.92. The summed E-state index contributed by atoms with van der Waals surface area (Å²) in [6.07, 6.45) is 6.64. The zero-order valence-corrected chi connectivity index (χ0v) is 16.7. The zero-order valence-electron chi connectivity index (χ0n) is 16.7. The van der Waals surface area contributed by atoms with Gasteiger partial charge in [-0.25, -0.2) is 19.3 Å². The third kappa shape index (κ3) is 3.22. The van der Waals surface area contributed by atoms with Gasteiger partial charge < -0.3 is 11.1 Å². The molecular weight excluding hydrogens is 395 g/mol. The molecule has 9 heteroatoms. The third-order valence-electron chi connectivity index (χ3n) is 5.45. The van der Waals surface area contributed by atoms with E-state index in [0.717, 1.165) is 24.0 Å². The van der Waals surface area contributed by atoms with Crippen LogP contribution in [0.15, 0.2) is 43.0 Å². The van der Waals surface area contributed by atoms with Crippen molar-refractivity contribution in [3.05, 3.63) is 65.8 Å². The Hall–Kier alpha value is -4.06. The highest BCUT2D eigenvalue weighted by molar-refractivity contribution is 5.83. The van der Waals surface area contributed by atoms with E-state index in [1.165, 1.54) is 12.4 Å². The normalized spacial score (nSPS) is 14.4. The summed E-state index contributed by atoms with van der Waals surface area (Å²) >= 11 is 0. The predicted molar refractivity (Wildman–Crippen MR) is 114 cm³/mol. The Labute approximate surface area is 177 Å². The SMILES string of the molecule is C[C@H](Nc1ncnc(N)c1C#N)c1nc2ccc(F)c(C3CC3)c2n1-c1cccnc1. The first kappa shape index (κ1) is 18.9. The summed E-state index contributed by atoms with van der Waals surface area (Å²) in [6.45, 7) is 1.90. The fourth-order valence-electron chi connectivity index (χ4n) is 3.87. The Balaban J connectivity index is 1.70. The van der Waals surface area contributed by atoms with Crippen molar-refractivity contribution in [2.24, 2.45) is 0 Å². The summed E-state index contributed by atoms with van der Waals surface area (Å²) in [7, 11) is 0. The van der Waals surface area contributed by atoms with Crippen LogP contribution in [-0.4, -0.2) is 24.5 Å². The maximum absolute atomic E-state index is 14.9. The fourth-order valence-corrected chi connectivity index (χ4v) is 3.87. The van der Waals surface area contributed by atoms with Gasteiger partial charge in [-0.05, 0) is 49.9 Å². The van der Waals surface area contributed by atoms with Crippen molar-refractivity contribution in [1.82, 2.24) is 24.5 Å². The first-order valence-corrected chi connectivity index (χ1v) is 9.96. The topological polar surface area (TPSA) is 118 Å². The minimum absolute atomic E-state index is 0.103. The summed E-state index contributed by atoms with van der Waals surface area (Å²) in [4.78, 5) is 17.1. The number of nitrogen functional groups attached to an aromatic ring is 1. The molecule has 0 saturated heterocycles. The lowest BCUT2D eigenvalue weighted by molar-refractivity contribution is 0.612. The highest BCUT2D eigenvalue weighted by Gasteiger charge is 2.32. The lowest BCUT2D eigenvalue weighted by Crippen LogP contribution is -2.16. The molecule has 0 aliphatic heterocycles. The van der Waals surface area contributed by atoms with Crippen LogP contribution >= 0.6 is 0 Å². The van der Waals surface area contributed by atoms with E-state index < -0.39 is 0 Å². The van der Waals surface area contributed by atoms with Gasteiger partial charge in [-0.3, -0.25) is 9.55 Å². The first-order chi connectivity index (χ1) is 15.1. The van der Waals surface area contributed by atoms with Crippen molar-refractivity contribution in [2.75, 3.05) is 11.1 Å². The monoisotopic (exact) mass is 414 g/mol. The van der Waals surface area contributed by atoms with Crippen molar-refractivity contribution in [2.45, 2.75) is 31.7 Å². The van der Waals surface area contributed by atoms with Gasteiger partial charge in [-0.1, -0.05) is 0 Å². The molecule has 0 amide bonds. The van der Waals surface area contributed by atoms with Crippen molar-refractivity contribution < 1.29 is 4.39 Å². The van der Waals surface area contributed by atoms with Crippen LogP contribution in [0, 0.1) is 17.1 Å². The molecule has 1 fully saturated rings. The molecule has 1 aromatic carbocycles. The molecule has 31 heavy (non-hydrogen) atoms. The van der Waals surface area contributed by atoms with Crippen LogP contribution < -0.4 is 11.1 Å². The number of pyridine rings is 1. The average molecular weight is 414 g/mol. The molecule has 0 radical (unpaired) electrons. The fraction of sp³-hybridized carbons (Fsp3) is 0.227. The second kappa shape index (κ2) is 7.32. The van der Waals surface area contributed by atoms with E-state index in [1.807, 2.05) is 29.7 Å². The van der Waals surface area contributed by atoms with Gasteiger partial charge in [0, 0.05) is 11.8 Å². The number of nitrogens with zero attached hydrogens (tertiary/aromatic N) is 6. The van der Waals surface area contributed by atoms with Crippen molar-refractivity contribution in [3.8, 4) is 11.8 Å². The van der Waals surface area contributed by atoms with Gasteiger partial charge in [0.25, 0.3) is 0 Å². The average Bonchev–Trinajstić information content (AvgIpc) is 3.53. The van der Waals surface area contributed by atoms with Crippen molar-refractivity contribution in [1.29, 1.82) is 5.26 Å². The largest absolute Gasteiger partial charge is 0.382 e. The molecule has 5 rings (SSSR count). The van der Waals surface area contributed by atoms with Gasteiger partial charge in [0.2, 0.25) is 0 Å². The molecule has 0 bridgehead atoms. The Kier molecular flexibility index (Phi) is 4.47. The zero-order chi connectivity index (χ0) is 21.5. The van der Waals surface area contributed by atoms with Gasteiger partial charge in [0.05, 0.1) is 29.0 Å². The Morgan fingerprint density at radius 1 is 1.29 bits per heavy atom. The second-order valence-electron chi connectivity index (χ2n) is 7.58. The van der Waals surface area contributed by atoms with Crippen molar-refractivity contribution in [3.63, 3.8) is 0 Å². The molecule has 8 nitrogen and oxygen atoms in total. The molecule has 3 heterocycles. The Bertz CT molecular complexity index is 1320. The minimum atomic E-state index is -0.371. The van der Waals surface area contributed by atoms with Crippen LogP contribution in [0.5, 0.6) is 0 Å². The highest BCUT2D eigenvalue weighted by Crippen LogP contribution is 2.45. The number of halogens is 1. The molecular formula is C22H19FN8. The number of imidazole rings is 1. The lowest BCUT2D eigenvalue weighted by Gasteiger charge is -2.18.